The maximum atomic E-state index is 12.1. The molecule has 2 aromatic heterocycles. The van der Waals surface area contributed by atoms with Crippen LogP contribution >= 0.6 is 34.4 Å². The van der Waals surface area contributed by atoms with E-state index in [1.54, 1.807) is 29.3 Å². The van der Waals surface area contributed by atoms with Crippen molar-refractivity contribution < 1.29 is 4.79 Å². The second-order valence-electron chi connectivity index (χ2n) is 5.82. The molecule has 130 valence electrons. The second-order valence-corrected chi connectivity index (χ2v) is 9.14. The molecule has 0 saturated heterocycles. The SMILES string of the molecule is Cc1ccc(C)c(CSc2nc(CC(=O)Nc3ncc(C)s3)cs2)c1. The largest absolute Gasteiger partial charge is 0.302 e. The summed E-state index contributed by atoms with van der Waals surface area (Å²) in [5, 5.41) is 5.42. The van der Waals surface area contributed by atoms with Gasteiger partial charge in [-0.05, 0) is 31.9 Å². The minimum Gasteiger partial charge on any atom is -0.302 e. The molecule has 0 spiro atoms. The van der Waals surface area contributed by atoms with E-state index >= 15 is 0 Å². The predicted octanol–water partition coefficient (Wildman–Crippen LogP) is 5.00. The van der Waals surface area contributed by atoms with E-state index in [1.165, 1.54) is 28.0 Å². The van der Waals surface area contributed by atoms with Crippen molar-refractivity contribution in [3.05, 3.63) is 57.0 Å². The standard InChI is InChI=1S/C18H19N3OS3/c1-11-4-5-12(2)14(6-11)9-23-18-20-15(10-24-18)7-16(22)21-17-19-8-13(3)25-17/h4-6,8,10H,7,9H2,1-3H3,(H,19,21,22). The van der Waals surface area contributed by atoms with Gasteiger partial charge in [-0.25, -0.2) is 9.97 Å². The summed E-state index contributed by atoms with van der Waals surface area (Å²) in [6, 6.07) is 6.51. The molecule has 25 heavy (non-hydrogen) atoms. The number of hydrogen-bond acceptors (Lipinski definition) is 6. The number of carbonyl (C=O) groups is 1. The molecule has 0 aliphatic heterocycles. The molecule has 0 fully saturated rings. The van der Waals surface area contributed by atoms with Gasteiger partial charge in [-0.2, -0.15) is 0 Å². The van der Waals surface area contributed by atoms with Crippen LogP contribution in [0, 0.1) is 20.8 Å². The molecule has 0 bridgehead atoms. The average Bonchev–Trinajstić information content (AvgIpc) is 3.17. The Kier molecular flexibility index (Phi) is 5.88. The maximum Gasteiger partial charge on any atom is 0.232 e. The Morgan fingerprint density at radius 1 is 1.28 bits per heavy atom. The van der Waals surface area contributed by atoms with Crippen LogP contribution in [0.15, 0.2) is 34.1 Å². The molecular weight excluding hydrogens is 370 g/mol. The molecule has 0 saturated carbocycles. The number of aromatic nitrogens is 2. The van der Waals surface area contributed by atoms with Crippen molar-refractivity contribution in [1.82, 2.24) is 9.97 Å². The van der Waals surface area contributed by atoms with Gasteiger partial charge in [0, 0.05) is 22.2 Å². The van der Waals surface area contributed by atoms with Gasteiger partial charge in [0.05, 0.1) is 12.1 Å². The van der Waals surface area contributed by atoms with Crippen molar-refractivity contribution in [3.8, 4) is 0 Å². The van der Waals surface area contributed by atoms with Crippen molar-refractivity contribution in [2.24, 2.45) is 0 Å². The number of rotatable bonds is 6. The summed E-state index contributed by atoms with van der Waals surface area (Å²) in [7, 11) is 0. The molecule has 4 nitrogen and oxygen atoms in total. The summed E-state index contributed by atoms with van der Waals surface area (Å²) in [5.74, 6) is 0.816. The molecule has 1 N–H and O–H groups in total. The van der Waals surface area contributed by atoms with Crippen molar-refractivity contribution >= 4 is 45.5 Å². The minimum atomic E-state index is -0.0780. The Bertz CT molecular complexity index is 885. The first kappa shape index (κ1) is 18.1. The number of aryl methyl sites for hydroxylation is 3. The van der Waals surface area contributed by atoms with Gasteiger partial charge in [-0.15, -0.1) is 22.7 Å². The zero-order chi connectivity index (χ0) is 17.8. The third-order valence-electron chi connectivity index (χ3n) is 3.60. The molecule has 3 aromatic rings. The normalized spacial score (nSPS) is 10.8. The highest BCUT2D eigenvalue weighted by Gasteiger charge is 2.10. The van der Waals surface area contributed by atoms with E-state index < -0.39 is 0 Å². The monoisotopic (exact) mass is 389 g/mol. The lowest BCUT2D eigenvalue weighted by Crippen LogP contribution is -2.14. The van der Waals surface area contributed by atoms with Crippen LogP contribution in [-0.4, -0.2) is 15.9 Å². The summed E-state index contributed by atoms with van der Waals surface area (Å²) < 4.78 is 0.994. The lowest BCUT2D eigenvalue weighted by molar-refractivity contribution is -0.115. The number of amides is 1. The van der Waals surface area contributed by atoms with Gasteiger partial charge in [0.1, 0.15) is 4.34 Å². The summed E-state index contributed by atoms with van der Waals surface area (Å²) in [5.41, 5.74) is 4.71. The topological polar surface area (TPSA) is 54.9 Å². The van der Waals surface area contributed by atoms with Crippen LogP contribution in [0.25, 0.3) is 0 Å². The fourth-order valence-electron chi connectivity index (χ4n) is 2.27. The fourth-order valence-corrected chi connectivity index (χ4v) is 4.86. The Balaban J connectivity index is 1.55. The molecule has 1 aromatic carbocycles. The molecule has 0 atom stereocenters. The summed E-state index contributed by atoms with van der Waals surface area (Å²) >= 11 is 4.78. The van der Waals surface area contributed by atoms with E-state index in [0.29, 0.717) is 5.13 Å². The van der Waals surface area contributed by atoms with Gasteiger partial charge < -0.3 is 5.32 Å². The zero-order valence-electron chi connectivity index (χ0n) is 14.3. The van der Waals surface area contributed by atoms with E-state index in [0.717, 1.165) is 20.7 Å². The highest BCUT2D eigenvalue weighted by molar-refractivity contribution is 8.00. The van der Waals surface area contributed by atoms with Crippen molar-refractivity contribution in [3.63, 3.8) is 0 Å². The van der Waals surface area contributed by atoms with Crippen molar-refractivity contribution in [2.45, 2.75) is 37.3 Å². The molecule has 0 radical (unpaired) electrons. The quantitative estimate of drug-likeness (QED) is 0.603. The van der Waals surface area contributed by atoms with Crippen LogP contribution in [0.5, 0.6) is 0 Å². The number of nitrogens with zero attached hydrogens (tertiary/aromatic N) is 2. The average molecular weight is 390 g/mol. The van der Waals surface area contributed by atoms with Crippen LogP contribution in [0.4, 0.5) is 5.13 Å². The van der Waals surface area contributed by atoms with Crippen LogP contribution in [0.3, 0.4) is 0 Å². The molecular formula is C18H19N3OS3. The van der Waals surface area contributed by atoms with Crippen LogP contribution in [-0.2, 0) is 17.0 Å². The van der Waals surface area contributed by atoms with E-state index in [9.17, 15) is 4.79 Å². The van der Waals surface area contributed by atoms with Crippen LogP contribution in [0.1, 0.15) is 27.3 Å². The van der Waals surface area contributed by atoms with E-state index in [-0.39, 0.29) is 12.3 Å². The van der Waals surface area contributed by atoms with Crippen molar-refractivity contribution in [2.75, 3.05) is 5.32 Å². The lowest BCUT2D eigenvalue weighted by Gasteiger charge is -2.05. The lowest BCUT2D eigenvalue weighted by atomic mass is 10.1. The third kappa shape index (κ3) is 5.14. The first-order valence-corrected chi connectivity index (χ1v) is 10.5. The molecule has 2 heterocycles. The van der Waals surface area contributed by atoms with E-state index in [2.05, 4.69) is 47.3 Å². The summed E-state index contributed by atoms with van der Waals surface area (Å²) in [4.78, 5) is 21.9. The third-order valence-corrected chi connectivity index (χ3v) is 6.54. The predicted molar refractivity (Wildman–Crippen MR) is 107 cm³/mol. The molecule has 3 rings (SSSR count). The first-order chi connectivity index (χ1) is 12.0. The minimum absolute atomic E-state index is 0.0780. The molecule has 0 aliphatic carbocycles. The van der Waals surface area contributed by atoms with Gasteiger partial charge in [0.2, 0.25) is 5.91 Å². The highest BCUT2D eigenvalue weighted by Crippen LogP contribution is 2.28. The fraction of sp³-hybridized carbons (Fsp3) is 0.278. The Hall–Kier alpha value is -1.70. The number of thiazole rings is 2. The van der Waals surface area contributed by atoms with Gasteiger partial charge in [-0.3, -0.25) is 4.79 Å². The Labute approximate surface area is 159 Å². The molecule has 0 unspecified atom stereocenters. The van der Waals surface area contributed by atoms with Crippen LogP contribution < -0.4 is 5.32 Å². The highest BCUT2D eigenvalue weighted by atomic mass is 32.2. The number of hydrogen-bond donors (Lipinski definition) is 1. The Morgan fingerprint density at radius 2 is 2.12 bits per heavy atom. The van der Waals surface area contributed by atoms with Gasteiger partial charge >= 0.3 is 0 Å². The Morgan fingerprint density at radius 3 is 2.88 bits per heavy atom. The van der Waals surface area contributed by atoms with Gasteiger partial charge in [-0.1, -0.05) is 35.5 Å². The number of carbonyl (C=O) groups excluding carboxylic acids is 1. The number of thioether (sulfide) groups is 1. The number of anilines is 1. The van der Waals surface area contributed by atoms with E-state index in [1.807, 2.05) is 12.3 Å². The zero-order valence-corrected chi connectivity index (χ0v) is 16.8. The van der Waals surface area contributed by atoms with Gasteiger partial charge in [0.15, 0.2) is 5.13 Å². The number of nitrogens with one attached hydrogen (secondary N) is 1. The smallest absolute Gasteiger partial charge is 0.232 e. The maximum absolute atomic E-state index is 12.1. The summed E-state index contributed by atoms with van der Waals surface area (Å²) in [6.07, 6.45) is 2.03. The molecule has 7 heteroatoms. The molecule has 0 aliphatic rings. The van der Waals surface area contributed by atoms with Gasteiger partial charge in [0.25, 0.3) is 0 Å². The molecule has 1 amide bonds. The summed E-state index contributed by atoms with van der Waals surface area (Å²) in [6.45, 7) is 6.21. The van der Waals surface area contributed by atoms with E-state index in [4.69, 9.17) is 0 Å². The van der Waals surface area contributed by atoms with Crippen molar-refractivity contribution in [1.29, 1.82) is 0 Å². The second kappa shape index (κ2) is 8.12. The number of benzene rings is 1. The van der Waals surface area contributed by atoms with Crippen LogP contribution in [0.2, 0.25) is 0 Å². The first-order valence-electron chi connectivity index (χ1n) is 7.85.